The van der Waals surface area contributed by atoms with E-state index in [0.717, 1.165) is 12.8 Å². The van der Waals surface area contributed by atoms with Crippen LogP contribution in [0.25, 0.3) is 0 Å². The van der Waals surface area contributed by atoms with Gasteiger partial charge in [0.05, 0.1) is 79.6 Å². The van der Waals surface area contributed by atoms with E-state index in [9.17, 15) is 65.8 Å². The number of rotatable bonds is 5. The van der Waals surface area contributed by atoms with Crippen LogP contribution in [0.15, 0.2) is 72.9 Å². The molecule has 18 nitrogen and oxygen atoms in total. The van der Waals surface area contributed by atoms with Crippen molar-refractivity contribution in [1.29, 1.82) is 0 Å². The second kappa shape index (κ2) is 27.6. The van der Waals surface area contributed by atoms with E-state index in [2.05, 4.69) is 0 Å². The molecule has 0 aliphatic carbocycles. The number of aliphatic carboxylic acids is 1. The lowest BCUT2D eigenvalue weighted by Gasteiger charge is -2.45. The van der Waals surface area contributed by atoms with Crippen molar-refractivity contribution >= 4 is 11.9 Å². The molecule has 0 saturated carbocycles. The minimum atomic E-state index is -2.35. The number of hydrogen-bond donors (Lipinski definition) is 12. The van der Waals surface area contributed by atoms with E-state index < -0.39 is 141 Å². The van der Waals surface area contributed by atoms with Gasteiger partial charge in [-0.05, 0) is 52.4 Å². The summed E-state index contributed by atoms with van der Waals surface area (Å²) in [4.78, 5) is 25.4. The van der Waals surface area contributed by atoms with Crippen LogP contribution in [-0.4, -0.2) is 166 Å². The fourth-order valence-electron chi connectivity index (χ4n) is 8.16. The second-order valence-electron chi connectivity index (χ2n) is 17.9. The third-order valence-corrected chi connectivity index (χ3v) is 12.2. The van der Waals surface area contributed by atoms with Gasteiger partial charge in [-0.3, -0.25) is 9.59 Å². The molecule has 2 saturated heterocycles. The standard InChI is InChI=1S/C47H75NO17/c1-27-17-15-13-11-9-7-5-6-8-10-12-14-16-18-34(63-46-43(58)41(48)42(57)30(4)62-46)24-38-40(45(59)60)37(55)26-47(61,65-38)25-36(54)35(53)20-19-31(50)21-32(51)22-33(52)23-39(56)64-44(27)28(2)29(3)49/h5-6,8,10-18,27-38,40-44,46,49-55,57-58,61H,7,9,19-26,48H2,1-4H3,(H,59,60)/b6-5+,10-8+,13-11+,14-12+,17-15+,18-16+/t27-,28-,29-,30+,31?,32?,33?,34?,35?,36?,37?,38?,40?,41-,42+,43-,44+,46+,47+/m0/s1. The van der Waals surface area contributed by atoms with Gasteiger partial charge < -0.3 is 80.9 Å². The molecule has 0 radical (unpaired) electrons. The van der Waals surface area contributed by atoms with Gasteiger partial charge in [-0.1, -0.05) is 86.8 Å². The number of allylic oxidation sites excluding steroid dienone is 10. The normalized spacial score (nSPS) is 43.6. The Bertz CT molecular complexity index is 1620. The van der Waals surface area contributed by atoms with E-state index >= 15 is 0 Å². The third kappa shape index (κ3) is 18.8. The van der Waals surface area contributed by atoms with E-state index in [0.29, 0.717) is 0 Å². The summed E-state index contributed by atoms with van der Waals surface area (Å²) >= 11 is 0. The van der Waals surface area contributed by atoms with Crippen molar-refractivity contribution in [2.45, 2.75) is 189 Å². The Morgan fingerprint density at radius 1 is 0.769 bits per heavy atom. The minimum Gasteiger partial charge on any atom is -0.481 e. The van der Waals surface area contributed by atoms with Crippen LogP contribution in [0.5, 0.6) is 0 Å². The highest BCUT2D eigenvalue weighted by Crippen LogP contribution is 2.38. The third-order valence-electron chi connectivity index (χ3n) is 12.2. The highest BCUT2D eigenvalue weighted by Gasteiger charge is 2.51. The Labute approximate surface area is 381 Å². The van der Waals surface area contributed by atoms with Gasteiger partial charge in [0.25, 0.3) is 0 Å². The van der Waals surface area contributed by atoms with Crippen molar-refractivity contribution in [3.8, 4) is 0 Å². The molecular formula is C47H75NO17. The number of aliphatic hydroxyl groups excluding tert-OH is 9. The Morgan fingerprint density at radius 3 is 2.00 bits per heavy atom. The van der Waals surface area contributed by atoms with Crippen LogP contribution in [0.2, 0.25) is 0 Å². The van der Waals surface area contributed by atoms with Crippen LogP contribution in [0.4, 0.5) is 0 Å². The number of esters is 1. The number of carboxylic acids is 1. The first kappa shape index (κ1) is 56.1. The highest BCUT2D eigenvalue weighted by molar-refractivity contribution is 5.71. The predicted molar refractivity (Wildman–Crippen MR) is 237 cm³/mol. The molecule has 0 aromatic heterocycles. The zero-order valence-electron chi connectivity index (χ0n) is 37.8. The zero-order chi connectivity index (χ0) is 48.4. The summed E-state index contributed by atoms with van der Waals surface area (Å²) in [7, 11) is 0. The van der Waals surface area contributed by atoms with Crippen LogP contribution in [0, 0.1) is 17.8 Å². The van der Waals surface area contributed by atoms with Gasteiger partial charge in [-0.25, -0.2) is 0 Å². The molecule has 0 spiro atoms. The molecule has 2 bridgehead atoms. The first-order valence-corrected chi connectivity index (χ1v) is 22.6. The van der Waals surface area contributed by atoms with Gasteiger partial charge in [-0.15, -0.1) is 0 Å². The molecule has 0 amide bonds. The quantitative estimate of drug-likeness (QED) is 0.171. The summed E-state index contributed by atoms with van der Waals surface area (Å²) in [5, 5.41) is 118. The van der Waals surface area contributed by atoms with Gasteiger partial charge in [0.15, 0.2) is 12.1 Å². The van der Waals surface area contributed by atoms with Gasteiger partial charge in [0.2, 0.25) is 0 Å². The fourth-order valence-corrected chi connectivity index (χ4v) is 8.16. The summed E-state index contributed by atoms with van der Waals surface area (Å²) in [5.41, 5.74) is 6.02. The smallest absolute Gasteiger partial charge is 0.311 e. The number of ether oxygens (including phenoxy) is 4. The summed E-state index contributed by atoms with van der Waals surface area (Å²) in [6, 6.07) is -1.14. The van der Waals surface area contributed by atoms with Crippen molar-refractivity contribution in [1.82, 2.24) is 0 Å². The number of fused-ring (bicyclic) bond motifs is 2. The number of carbonyl (C=O) groups is 2. The number of carbonyl (C=O) groups excluding carboxylic acids is 1. The van der Waals surface area contributed by atoms with Gasteiger partial charge in [-0.2, -0.15) is 0 Å². The van der Waals surface area contributed by atoms with Gasteiger partial charge >= 0.3 is 11.9 Å². The first-order chi connectivity index (χ1) is 30.6. The minimum absolute atomic E-state index is 0.140. The molecule has 19 atom stereocenters. The van der Waals surface area contributed by atoms with E-state index in [4.69, 9.17) is 24.7 Å². The van der Waals surface area contributed by atoms with Crippen molar-refractivity contribution in [2.75, 3.05) is 0 Å². The molecule has 0 aromatic carbocycles. The van der Waals surface area contributed by atoms with E-state index in [-0.39, 0.29) is 38.0 Å². The maximum absolute atomic E-state index is 12.9. The Morgan fingerprint density at radius 2 is 1.35 bits per heavy atom. The summed E-state index contributed by atoms with van der Waals surface area (Å²) in [6.45, 7) is 6.73. The number of carboxylic acid groups (broad SMARTS) is 1. The van der Waals surface area contributed by atoms with Crippen LogP contribution in [0.3, 0.4) is 0 Å². The monoisotopic (exact) mass is 926 g/mol. The van der Waals surface area contributed by atoms with Gasteiger partial charge in [0, 0.05) is 31.1 Å². The number of cyclic esters (lactones) is 1. The van der Waals surface area contributed by atoms with E-state index in [1.807, 2.05) is 49.5 Å². The van der Waals surface area contributed by atoms with Crippen LogP contribution in [0.1, 0.15) is 91.9 Å². The number of aliphatic hydroxyl groups is 10. The lowest BCUT2D eigenvalue weighted by Crippen LogP contribution is -2.61. The lowest BCUT2D eigenvalue weighted by molar-refractivity contribution is -0.310. The molecule has 370 valence electrons. The Kier molecular flexibility index (Phi) is 23.8. The first-order valence-electron chi connectivity index (χ1n) is 22.6. The molecule has 3 rings (SSSR count). The van der Waals surface area contributed by atoms with Crippen LogP contribution < -0.4 is 5.73 Å². The molecule has 3 aliphatic rings. The molecule has 9 unspecified atom stereocenters. The van der Waals surface area contributed by atoms with Crippen LogP contribution >= 0.6 is 0 Å². The van der Waals surface area contributed by atoms with Crippen molar-refractivity contribution in [3.63, 3.8) is 0 Å². The summed E-state index contributed by atoms with van der Waals surface area (Å²) in [5.74, 6) is -6.86. The molecule has 65 heavy (non-hydrogen) atoms. The maximum atomic E-state index is 12.9. The highest BCUT2D eigenvalue weighted by atomic mass is 16.7. The number of nitrogens with two attached hydrogens (primary N) is 1. The van der Waals surface area contributed by atoms with Gasteiger partial charge in [0.1, 0.15) is 18.1 Å². The molecule has 18 heteroatoms. The van der Waals surface area contributed by atoms with Crippen LogP contribution in [-0.2, 0) is 28.5 Å². The predicted octanol–water partition coefficient (Wildman–Crippen LogP) is 0.936. The molecular weight excluding hydrogens is 851 g/mol. The summed E-state index contributed by atoms with van der Waals surface area (Å²) < 4.78 is 23.4. The molecule has 13 N–H and O–H groups in total. The Balaban J connectivity index is 1.87. The SMILES string of the molecule is C[C@H]([C@@H]1OC(=O)CC(O)CC(O)CC(O)CCC(O)C(O)C[C@]2(O)CC(O)C(C(=O)O)C(CC(O[C@H]3O[C@H](C)[C@@H](O)[C@H](N)[C@@H]3O)/C=C/C=C/C=C/C=C/CC/C=C/C=C/[C@@H]1C)O2)[C@H](C)O. The zero-order valence-corrected chi connectivity index (χ0v) is 37.8. The molecule has 0 aromatic rings. The second-order valence-corrected chi connectivity index (χ2v) is 17.9. The van der Waals surface area contributed by atoms with E-state index in [1.165, 1.54) is 13.0 Å². The number of hydrogen-bond acceptors (Lipinski definition) is 17. The molecule has 3 heterocycles. The topological polar surface area (TPSA) is 320 Å². The van der Waals surface area contributed by atoms with Crippen molar-refractivity contribution < 1.29 is 84.7 Å². The lowest BCUT2D eigenvalue weighted by atomic mass is 9.82. The maximum Gasteiger partial charge on any atom is 0.311 e. The van der Waals surface area contributed by atoms with E-state index in [1.54, 1.807) is 38.2 Å². The Hall–Kier alpha value is -3.18. The summed E-state index contributed by atoms with van der Waals surface area (Å²) in [6.07, 6.45) is 2.16. The average molecular weight is 926 g/mol. The molecule has 2 fully saturated rings. The van der Waals surface area contributed by atoms with Crippen molar-refractivity contribution in [3.05, 3.63) is 72.9 Å². The fraction of sp³-hybridized carbons (Fsp3) is 0.702. The van der Waals surface area contributed by atoms with Crippen molar-refractivity contribution in [2.24, 2.45) is 23.5 Å². The molecule has 3 aliphatic heterocycles. The largest absolute Gasteiger partial charge is 0.481 e. The average Bonchev–Trinajstić information content (AvgIpc) is 3.21.